The average molecular weight is 356 g/mol. The molecule has 1 heterocycles. The number of hydrogen-bond donors (Lipinski definition) is 3. The molecule has 1 aromatic carbocycles. The summed E-state index contributed by atoms with van der Waals surface area (Å²) in [5.41, 5.74) is 2.78. The fourth-order valence-electron chi connectivity index (χ4n) is 2.53. The zero-order valence-corrected chi connectivity index (χ0v) is 14.5. The van der Waals surface area contributed by atoms with E-state index in [2.05, 4.69) is 10.6 Å². The molecule has 1 fully saturated rings. The van der Waals surface area contributed by atoms with Gasteiger partial charge in [-0.15, -0.1) is 12.4 Å². The summed E-state index contributed by atoms with van der Waals surface area (Å²) in [5.74, 6) is -1.73. The topological polar surface area (TPSA) is 98.7 Å². The Kier molecular flexibility index (Phi) is 7.18. The van der Waals surface area contributed by atoms with Gasteiger partial charge < -0.3 is 10.4 Å². The van der Waals surface area contributed by atoms with Crippen molar-refractivity contribution in [2.45, 2.75) is 20.3 Å². The Labute approximate surface area is 146 Å². The lowest BCUT2D eigenvalue weighted by Gasteiger charge is -2.14. The van der Waals surface area contributed by atoms with Crippen LogP contribution < -0.4 is 10.6 Å². The Morgan fingerprint density at radius 1 is 1.25 bits per heavy atom. The number of nitrogens with zero attached hydrogens (tertiary/aromatic N) is 1. The minimum absolute atomic E-state index is 0. The number of hydrogen-bond acceptors (Lipinski definition) is 4. The number of benzene rings is 1. The van der Waals surface area contributed by atoms with Crippen LogP contribution in [0.4, 0.5) is 10.5 Å². The van der Waals surface area contributed by atoms with Gasteiger partial charge in [-0.1, -0.05) is 6.07 Å². The first-order valence-electron chi connectivity index (χ1n) is 7.48. The SMILES string of the molecule is Cc1ccc(NC(=O)NC(=O)CN2CCC(C(=O)O)C2)cc1C.Cl. The number of carboxylic acid groups (broad SMARTS) is 1. The zero-order valence-electron chi connectivity index (χ0n) is 13.7. The van der Waals surface area contributed by atoms with Crippen LogP contribution in [0.3, 0.4) is 0 Å². The van der Waals surface area contributed by atoms with E-state index in [0.29, 0.717) is 25.2 Å². The number of aryl methyl sites for hydroxylation is 2. The summed E-state index contributed by atoms with van der Waals surface area (Å²) in [7, 11) is 0. The Morgan fingerprint density at radius 2 is 1.96 bits per heavy atom. The van der Waals surface area contributed by atoms with Gasteiger partial charge in [-0.2, -0.15) is 0 Å². The molecule has 0 aromatic heterocycles. The third kappa shape index (κ3) is 5.50. The summed E-state index contributed by atoms with van der Waals surface area (Å²) in [6.45, 7) is 4.81. The second-order valence-corrected chi connectivity index (χ2v) is 5.86. The molecular weight excluding hydrogens is 334 g/mol. The molecule has 132 valence electrons. The molecule has 1 aliphatic rings. The highest BCUT2D eigenvalue weighted by Crippen LogP contribution is 2.16. The van der Waals surface area contributed by atoms with Gasteiger partial charge in [-0.25, -0.2) is 4.79 Å². The summed E-state index contributed by atoms with van der Waals surface area (Å²) in [6, 6.07) is 4.90. The largest absolute Gasteiger partial charge is 0.481 e. The third-order valence-electron chi connectivity index (χ3n) is 4.01. The number of rotatable bonds is 4. The van der Waals surface area contributed by atoms with Crippen LogP contribution in [0.5, 0.6) is 0 Å². The standard InChI is InChI=1S/C16H21N3O4.ClH/c1-10-3-4-13(7-11(10)2)17-16(23)18-14(20)9-19-6-5-12(8-19)15(21)22;/h3-4,7,12H,5-6,8-9H2,1-2H3,(H,21,22)(H2,17,18,20,23);1H. The number of urea groups is 1. The first-order valence-corrected chi connectivity index (χ1v) is 7.48. The average Bonchev–Trinajstić information content (AvgIpc) is 2.91. The molecule has 24 heavy (non-hydrogen) atoms. The molecule has 3 N–H and O–H groups in total. The van der Waals surface area contributed by atoms with Crippen molar-refractivity contribution in [3.05, 3.63) is 29.3 Å². The van der Waals surface area contributed by atoms with Crippen LogP contribution in [-0.2, 0) is 9.59 Å². The highest BCUT2D eigenvalue weighted by atomic mass is 35.5. The minimum atomic E-state index is -0.847. The second kappa shape index (κ2) is 8.65. The summed E-state index contributed by atoms with van der Waals surface area (Å²) >= 11 is 0. The lowest BCUT2D eigenvalue weighted by atomic mass is 10.1. The van der Waals surface area contributed by atoms with Crippen LogP contribution in [0.25, 0.3) is 0 Å². The Morgan fingerprint density at radius 3 is 2.54 bits per heavy atom. The third-order valence-corrected chi connectivity index (χ3v) is 4.01. The maximum absolute atomic E-state index is 11.8. The molecule has 0 spiro atoms. The number of aliphatic carboxylic acids is 1. The van der Waals surface area contributed by atoms with Crippen LogP contribution in [0, 0.1) is 19.8 Å². The molecule has 1 aromatic rings. The molecular formula is C16H22ClN3O4. The maximum atomic E-state index is 11.8. The van der Waals surface area contributed by atoms with Gasteiger partial charge in [0.15, 0.2) is 0 Å². The molecule has 0 aliphatic carbocycles. The number of carbonyl (C=O) groups excluding carboxylic acids is 2. The molecule has 0 radical (unpaired) electrons. The Hall–Kier alpha value is -2.12. The van der Waals surface area contributed by atoms with Crippen molar-refractivity contribution in [1.29, 1.82) is 0 Å². The van der Waals surface area contributed by atoms with Crippen LogP contribution in [0.15, 0.2) is 18.2 Å². The van der Waals surface area contributed by atoms with Gasteiger partial charge in [0.05, 0.1) is 12.5 Å². The number of imide groups is 1. The van der Waals surface area contributed by atoms with Gasteiger partial charge in [0, 0.05) is 12.2 Å². The monoisotopic (exact) mass is 355 g/mol. The second-order valence-electron chi connectivity index (χ2n) is 5.86. The van der Waals surface area contributed by atoms with Crippen molar-refractivity contribution in [2.75, 3.05) is 25.0 Å². The van der Waals surface area contributed by atoms with Crippen LogP contribution in [0.2, 0.25) is 0 Å². The molecule has 7 nitrogen and oxygen atoms in total. The molecule has 8 heteroatoms. The van der Waals surface area contributed by atoms with Gasteiger partial charge in [-0.05, 0) is 50.1 Å². The molecule has 1 atom stereocenters. The molecule has 1 saturated heterocycles. The van der Waals surface area contributed by atoms with Gasteiger partial charge >= 0.3 is 12.0 Å². The Bertz CT molecular complexity index is 636. The number of anilines is 1. The summed E-state index contributed by atoms with van der Waals surface area (Å²) in [6.07, 6.45) is 0.525. The maximum Gasteiger partial charge on any atom is 0.325 e. The predicted octanol–water partition coefficient (Wildman–Crippen LogP) is 1.78. The van der Waals surface area contributed by atoms with E-state index in [1.54, 1.807) is 11.0 Å². The zero-order chi connectivity index (χ0) is 17.0. The van der Waals surface area contributed by atoms with E-state index < -0.39 is 23.8 Å². The van der Waals surface area contributed by atoms with E-state index in [1.165, 1.54) is 0 Å². The van der Waals surface area contributed by atoms with E-state index in [4.69, 9.17) is 5.11 Å². The van der Waals surface area contributed by atoms with E-state index >= 15 is 0 Å². The van der Waals surface area contributed by atoms with Crippen molar-refractivity contribution in [3.63, 3.8) is 0 Å². The van der Waals surface area contributed by atoms with E-state index in [0.717, 1.165) is 11.1 Å². The van der Waals surface area contributed by atoms with Crippen LogP contribution >= 0.6 is 12.4 Å². The lowest BCUT2D eigenvalue weighted by molar-refractivity contribution is -0.141. The number of halogens is 1. The number of likely N-dealkylation sites (tertiary alicyclic amines) is 1. The van der Waals surface area contributed by atoms with E-state index in [-0.39, 0.29) is 19.0 Å². The summed E-state index contributed by atoms with van der Waals surface area (Å²) in [4.78, 5) is 36.3. The molecule has 0 bridgehead atoms. The first kappa shape index (κ1) is 19.9. The normalized spacial score (nSPS) is 17.0. The van der Waals surface area contributed by atoms with Gasteiger partial charge in [0.1, 0.15) is 0 Å². The Balaban J connectivity index is 0.00000288. The van der Waals surface area contributed by atoms with E-state index in [1.807, 2.05) is 26.0 Å². The van der Waals surface area contributed by atoms with Gasteiger partial charge in [0.2, 0.25) is 5.91 Å². The van der Waals surface area contributed by atoms with Gasteiger partial charge in [0.25, 0.3) is 0 Å². The van der Waals surface area contributed by atoms with Crippen molar-refractivity contribution in [3.8, 4) is 0 Å². The highest BCUT2D eigenvalue weighted by molar-refractivity contribution is 6.01. The fraction of sp³-hybridized carbons (Fsp3) is 0.438. The first-order chi connectivity index (χ1) is 10.8. The molecule has 2 rings (SSSR count). The number of carboxylic acids is 1. The number of amides is 3. The van der Waals surface area contributed by atoms with Crippen molar-refractivity contribution >= 4 is 36.0 Å². The number of carbonyl (C=O) groups is 3. The molecule has 0 saturated carbocycles. The lowest BCUT2D eigenvalue weighted by Crippen LogP contribution is -2.41. The molecule has 3 amide bonds. The van der Waals surface area contributed by atoms with Crippen LogP contribution in [0.1, 0.15) is 17.5 Å². The highest BCUT2D eigenvalue weighted by Gasteiger charge is 2.29. The minimum Gasteiger partial charge on any atom is -0.481 e. The smallest absolute Gasteiger partial charge is 0.325 e. The van der Waals surface area contributed by atoms with Gasteiger partial charge in [-0.3, -0.25) is 19.8 Å². The summed E-state index contributed by atoms with van der Waals surface area (Å²) < 4.78 is 0. The number of nitrogens with one attached hydrogen (secondary N) is 2. The van der Waals surface area contributed by atoms with Crippen LogP contribution in [-0.4, -0.2) is 47.5 Å². The molecule has 1 unspecified atom stereocenters. The summed E-state index contributed by atoms with van der Waals surface area (Å²) in [5, 5.41) is 13.8. The van der Waals surface area contributed by atoms with Crippen molar-refractivity contribution < 1.29 is 19.5 Å². The van der Waals surface area contributed by atoms with Crippen molar-refractivity contribution in [1.82, 2.24) is 10.2 Å². The van der Waals surface area contributed by atoms with E-state index in [9.17, 15) is 14.4 Å². The molecule has 1 aliphatic heterocycles. The predicted molar refractivity (Wildman–Crippen MR) is 92.5 cm³/mol. The fourth-order valence-corrected chi connectivity index (χ4v) is 2.53. The van der Waals surface area contributed by atoms with Crippen molar-refractivity contribution in [2.24, 2.45) is 5.92 Å². The quantitative estimate of drug-likeness (QED) is 0.764.